The van der Waals surface area contributed by atoms with E-state index in [1.165, 1.54) is 18.0 Å². The van der Waals surface area contributed by atoms with E-state index in [-0.39, 0.29) is 19.1 Å². The minimum Gasteiger partial charge on any atom is -0.459 e. The van der Waals surface area contributed by atoms with E-state index in [0.717, 1.165) is 11.3 Å². The van der Waals surface area contributed by atoms with Crippen LogP contribution in [0.3, 0.4) is 0 Å². The van der Waals surface area contributed by atoms with Gasteiger partial charge in [-0.25, -0.2) is 9.78 Å². The number of anilines is 1. The fourth-order valence-electron chi connectivity index (χ4n) is 2.80. The summed E-state index contributed by atoms with van der Waals surface area (Å²) in [5.74, 6) is -0.917. The SMILES string of the molecule is COCCOC(=O)c1sc2ncn(C(C)C(=O)Nc3ccc(Cl)cc3)c(=O)c2c1C. The number of aryl methyl sites for hydroxylation is 1. The zero-order valence-corrected chi connectivity index (χ0v) is 18.2. The predicted octanol–water partition coefficient (Wildman–Crippen LogP) is 3.42. The summed E-state index contributed by atoms with van der Waals surface area (Å²) in [7, 11) is 1.51. The molecular formula is C20H20ClN3O5S. The first-order valence-corrected chi connectivity index (χ1v) is 10.3. The molecule has 0 bridgehead atoms. The number of thiophene rings is 1. The van der Waals surface area contributed by atoms with Crippen molar-refractivity contribution in [1.82, 2.24) is 9.55 Å². The summed E-state index contributed by atoms with van der Waals surface area (Å²) in [6.45, 7) is 3.66. The number of hydrogen-bond acceptors (Lipinski definition) is 7. The normalized spacial score (nSPS) is 12.0. The molecule has 8 nitrogen and oxygen atoms in total. The van der Waals surface area contributed by atoms with Gasteiger partial charge in [-0.05, 0) is 43.7 Å². The van der Waals surface area contributed by atoms with Gasteiger partial charge in [0.1, 0.15) is 22.4 Å². The lowest BCUT2D eigenvalue weighted by Crippen LogP contribution is -2.31. The molecule has 2 aromatic heterocycles. The van der Waals surface area contributed by atoms with Crippen molar-refractivity contribution in [3.63, 3.8) is 0 Å². The van der Waals surface area contributed by atoms with Crippen molar-refractivity contribution >= 4 is 50.7 Å². The molecule has 0 saturated heterocycles. The molecule has 1 atom stereocenters. The summed E-state index contributed by atoms with van der Waals surface area (Å²) in [6, 6.07) is 5.83. The Balaban J connectivity index is 1.87. The third-order valence-corrected chi connectivity index (χ3v) is 5.92. The van der Waals surface area contributed by atoms with Crippen molar-refractivity contribution in [2.45, 2.75) is 19.9 Å². The highest BCUT2D eigenvalue weighted by atomic mass is 35.5. The molecule has 1 aromatic carbocycles. The van der Waals surface area contributed by atoms with Gasteiger partial charge in [0.25, 0.3) is 5.56 Å². The summed E-state index contributed by atoms with van der Waals surface area (Å²) < 4.78 is 11.3. The quantitative estimate of drug-likeness (QED) is 0.438. The monoisotopic (exact) mass is 449 g/mol. The molecule has 10 heteroatoms. The number of nitrogens with one attached hydrogen (secondary N) is 1. The number of fused-ring (bicyclic) bond motifs is 1. The van der Waals surface area contributed by atoms with Crippen molar-refractivity contribution in [1.29, 1.82) is 0 Å². The molecule has 3 aromatic rings. The summed E-state index contributed by atoms with van der Waals surface area (Å²) in [5.41, 5.74) is 0.643. The van der Waals surface area contributed by atoms with Crippen LogP contribution in [0.5, 0.6) is 0 Å². The maximum absolute atomic E-state index is 13.0. The Kier molecular flexibility index (Phi) is 6.86. The van der Waals surface area contributed by atoms with Crippen molar-refractivity contribution in [3.8, 4) is 0 Å². The van der Waals surface area contributed by atoms with E-state index in [4.69, 9.17) is 21.1 Å². The second kappa shape index (κ2) is 9.38. The van der Waals surface area contributed by atoms with E-state index in [9.17, 15) is 14.4 Å². The predicted molar refractivity (Wildman–Crippen MR) is 116 cm³/mol. The molecule has 3 rings (SSSR count). The van der Waals surface area contributed by atoms with Crippen LogP contribution >= 0.6 is 22.9 Å². The van der Waals surface area contributed by atoms with Crippen LogP contribution in [0.15, 0.2) is 35.4 Å². The molecule has 1 amide bonds. The fraction of sp³-hybridized carbons (Fsp3) is 0.300. The summed E-state index contributed by atoms with van der Waals surface area (Å²) in [6.07, 6.45) is 1.31. The largest absolute Gasteiger partial charge is 0.459 e. The number of amides is 1. The Bertz CT molecular complexity index is 1140. The first-order chi connectivity index (χ1) is 14.3. The molecular weight excluding hydrogens is 430 g/mol. The number of nitrogens with zero attached hydrogens (tertiary/aromatic N) is 2. The van der Waals surface area contributed by atoms with Gasteiger partial charge in [0.2, 0.25) is 5.91 Å². The summed E-state index contributed by atoms with van der Waals surface area (Å²) in [5, 5.41) is 3.59. The second-order valence-corrected chi connectivity index (χ2v) is 7.93. The summed E-state index contributed by atoms with van der Waals surface area (Å²) >= 11 is 6.94. The Hall–Kier alpha value is -2.75. The topological polar surface area (TPSA) is 99.5 Å². The van der Waals surface area contributed by atoms with Gasteiger partial charge in [-0.1, -0.05) is 11.6 Å². The van der Waals surface area contributed by atoms with Gasteiger partial charge in [0, 0.05) is 17.8 Å². The Labute approximate surface area is 181 Å². The highest BCUT2D eigenvalue weighted by molar-refractivity contribution is 7.20. The zero-order valence-electron chi connectivity index (χ0n) is 16.6. The van der Waals surface area contributed by atoms with Crippen LogP contribution in [-0.2, 0) is 14.3 Å². The van der Waals surface area contributed by atoms with Crippen LogP contribution < -0.4 is 10.9 Å². The summed E-state index contributed by atoms with van der Waals surface area (Å²) in [4.78, 5) is 43.0. The minimum atomic E-state index is -0.818. The van der Waals surface area contributed by atoms with Gasteiger partial charge < -0.3 is 14.8 Å². The number of methoxy groups -OCH3 is 1. The van der Waals surface area contributed by atoms with Crippen LogP contribution in [0, 0.1) is 6.92 Å². The van der Waals surface area contributed by atoms with E-state index in [0.29, 0.717) is 31.4 Å². The first-order valence-electron chi connectivity index (χ1n) is 9.06. The van der Waals surface area contributed by atoms with Gasteiger partial charge in [-0.2, -0.15) is 0 Å². The lowest BCUT2D eigenvalue weighted by Gasteiger charge is -2.15. The lowest BCUT2D eigenvalue weighted by atomic mass is 10.2. The number of halogens is 1. The molecule has 0 fully saturated rings. The van der Waals surface area contributed by atoms with Crippen molar-refractivity contribution in [3.05, 3.63) is 56.4 Å². The number of carbonyl (C=O) groups excluding carboxylic acids is 2. The van der Waals surface area contributed by atoms with E-state index >= 15 is 0 Å². The molecule has 2 heterocycles. The second-order valence-electron chi connectivity index (χ2n) is 6.49. The van der Waals surface area contributed by atoms with Gasteiger partial charge in [-0.3, -0.25) is 14.2 Å². The molecule has 1 N–H and O–H groups in total. The van der Waals surface area contributed by atoms with Gasteiger partial charge in [-0.15, -0.1) is 11.3 Å². The molecule has 0 aliphatic rings. The average molecular weight is 450 g/mol. The number of esters is 1. The maximum atomic E-state index is 13.0. The standard InChI is InChI=1S/C20H20ClN3O5S/c1-11-15-18(30-16(11)20(27)29-9-8-28-3)22-10-24(19(15)26)12(2)17(25)23-14-6-4-13(21)5-7-14/h4-7,10,12H,8-9H2,1-3H3,(H,23,25). The van der Waals surface area contributed by atoms with Crippen LogP contribution in [0.1, 0.15) is 28.2 Å². The molecule has 1 unspecified atom stereocenters. The number of ether oxygens (including phenoxy) is 2. The zero-order chi connectivity index (χ0) is 21.8. The number of hydrogen-bond donors (Lipinski definition) is 1. The highest BCUT2D eigenvalue weighted by Gasteiger charge is 2.23. The fourth-order valence-corrected chi connectivity index (χ4v) is 3.96. The Morgan fingerprint density at radius 2 is 1.97 bits per heavy atom. The molecule has 158 valence electrons. The average Bonchev–Trinajstić information content (AvgIpc) is 3.07. The van der Waals surface area contributed by atoms with Crippen molar-refractivity contribution in [2.75, 3.05) is 25.6 Å². The number of aromatic nitrogens is 2. The van der Waals surface area contributed by atoms with Crippen LogP contribution in [0.4, 0.5) is 5.69 Å². The number of carbonyl (C=O) groups is 2. The van der Waals surface area contributed by atoms with E-state index in [2.05, 4.69) is 10.3 Å². The lowest BCUT2D eigenvalue weighted by molar-refractivity contribution is -0.118. The van der Waals surface area contributed by atoms with Gasteiger partial charge >= 0.3 is 5.97 Å². The molecule has 0 radical (unpaired) electrons. The first kappa shape index (κ1) is 21.9. The number of benzene rings is 1. The maximum Gasteiger partial charge on any atom is 0.348 e. The Morgan fingerprint density at radius 3 is 2.63 bits per heavy atom. The third-order valence-electron chi connectivity index (χ3n) is 4.49. The van der Waals surface area contributed by atoms with Crippen molar-refractivity contribution < 1.29 is 19.1 Å². The van der Waals surface area contributed by atoms with E-state index in [1.54, 1.807) is 38.1 Å². The van der Waals surface area contributed by atoms with Gasteiger partial charge in [0.05, 0.1) is 18.3 Å². The van der Waals surface area contributed by atoms with Crippen LogP contribution in [0.2, 0.25) is 5.02 Å². The van der Waals surface area contributed by atoms with Crippen LogP contribution in [-0.4, -0.2) is 41.8 Å². The minimum absolute atomic E-state index is 0.114. The molecule has 0 spiro atoms. The third kappa shape index (κ3) is 4.53. The smallest absolute Gasteiger partial charge is 0.348 e. The molecule has 0 saturated carbocycles. The Morgan fingerprint density at radius 1 is 1.27 bits per heavy atom. The molecule has 0 aliphatic heterocycles. The molecule has 30 heavy (non-hydrogen) atoms. The highest BCUT2D eigenvalue weighted by Crippen LogP contribution is 2.28. The molecule has 0 aliphatic carbocycles. The van der Waals surface area contributed by atoms with Crippen LogP contribution in [0.25, 0.3) is 10.2 Å². The van der Waals surface area contributed by atoms with E-state index in [1.807, 2.05) is 0 Å². The van der Waals surface area contributed by atoms with E-state index < -0.39 is 17.6 Å². The van der Waals surface area contributed by atoms with Crippen molar-refractivity contribution in [2.24, 2.45) is 0 Å². The van der Waals surface area contributed by atoms with Gasteiger partial charge in [0.15, 0.2) is 0 Å². The number of rotatable bonds is 7.